The maximum atomic E-state index is 6.15. The van der Waals surface area contributed by atoms with E-state index in [1.54, 1.807) is 11.3 Å². The van der Waals surface area contributed by atoms with Crippen LogP contribution >= 0.6 is 27.3 Å². The molecule has 0 saturated carbocycles. The molecule has 0 radical (unpaired) electrons. The second-order valence-corrected chi connectivity index (χ2v) is 7.54. The molecule has 2 unspecified atom stereocenters. The Morgan fingerprint density at radius 3 is 2.48 bits per heavy atom. The third-order valence-electron chi connectivity index (χ3n) is 3.34. The lowest BCUT2D eigenvalue weighted by Crippen LogP contribution is -2.28. The smallest absolute Gasteiger partial charge is 0.148 e. The van der Waals surface area contributed by atoms with Gasteiger partial charge in [0.1, 0.15) is 11.9 Å². The Hall–Kier alpha value is -1.36. The molecule has 0 bridgehead atoms. The molecule has 2 atom stereocenters. The van der Waals surface area contributed by atoms with Crippen LogP contribution in [0.3, 0.4) is 0 Å². The summed E-state index contributed by atoms with van der Waals surface area (Å²) in [6.07, 6.45) is -0.137. The summed E-state index contributed by atoms with van der Waals surface area (Å²) in [6, 6.07) is 18.4. The van der Waals surface area contributed by atoms with E-state index in [4.69, 9.17) is 10.5 Å². The summed E-state index contributed by atoms with van der Waals surface area (Å²) in [5, 5.41) is 2.38. The van der Waals surface area contributed by atoms with E-state index >= 15 is 0 Å². The molecule has 4 heteroatoms. The molecule has 0 aliphatic heterocycles. The lowest BCUT2D eigenvalue weighted by atomic mass is 10.1. The van der Waals surface area contributed by atoms with Gasteiger partial charge in [0.2, 0.25) is 0 Å². The predicted octanol–water partition coefficient (Wildman–Crippen LogP) is 5.13. The Balaban J connectivity index is 1.90. The molecule has 2 nitrogen and oxygen atoms in total. The lowest BCUT2D eigenvalue weighted by molar-refractivity contribution is 0.184. The van der Waals surface area contributed by atoms with E-state index < -0.39 is 0 Å². The highest BCUT2D eigenvalue weighted by atomic mass is 79.9. The first-order chi connectivity index (χ1) is 10.1. The number of hydrogen-bond donors (Lipinski definition) is 1. The minimum atomic E-state index is -0.137. The molecule has 0 spiro atoms. The van der Waals surface area contributed by atoms with Crippen molar-refractivity contribution in [2.75, 3.05) is 0 Å². The van der Waals surface area contributed by atoms with Gasteiger partial charge in [0.05, 0.1) is 3.79 Å². The highest BCUT2D eigenvalue weighted by Gasteiger charge is 2.20. The number of fused-ring (bicyclic) bond motifs is 1. The van der Waals surface area contributed by atoms with Gasteiger partial charge in [0, 0.05) is 10.9 Å². The molecule has 0 amide bonds. The number of halogens is 1. The number of nitrogens with two attached hydrogens (primary N) is 1. The SMILES string of the molecule is CC(N)C(Oc1ccc2ccccc2c1)c1ccc(Br)s1. The van der Waals surface area contributed by atoms with Gasteiger partial charge in [-0.3, -0.25) is 0 Å². The van der Waals surface area contributed by atoms with Crippen molar-refractivity contribution < 1.29 is 4.74 Å². The zero-order chi connectivity index (χ0) is 14.8. The zero-order valence-electron chi connectivity index (χ0n) is 11.6. The average Bonchev–Trinajstić information content (AvgIpc) is 2.90. The van der Waals surface area contributed by atoms with Crippen LogP contribution in [0.25, 0.3) is 10.8 Å². The maximum Gasteiger partial charge on any atom is 0.148 e. The first kappa shape index (κ1) is 14.6. The summed E-state index contributed by atoms with van der Waals surface area (Å²) >= 11 is 5.15. The quantitative estimate of drug-likeness (QED) is 0.698. The second kappa shape index (κ2) is 6.18. The van der Waals surface area contributed by atoms with Crippen LogP contribution in [0.1, 0.15) is 17.9 Å². The van der Waals surface area contributed by atoms with Gasteiger partial charge >= 0.3 is 0 Å². The van der Waals surface area contributed by atoms with E-state index in [2.05, 4.69) is 46.3 Å². The first-order valence-corrected chi connectivity index (χ1v) is 8.41. The summed E-state index contributed by atoms with van der Waals surface area (Å²) in [6.45, 7) is 1.97. The molecule has 2 aromatic carbocycles. The molecular weight excluding hydrogens is 346 g/mol. The standard InChI is InChI=1S/C17H16BrNOS/c1-11(19)17(15-8-9-16(18)21-15)20-14-7-6-12-4-2-3-5-13(12)10-14/h2-11,17H,19H2,1H3. The highest BCUT2D eigenvalue weighted by molar-refractivity contribution is 9.11. The van der Waals surface area contributed by atoms with Gasteiger partial charge in [0.15, 0.2) is 0 Å². The van der Waals surface area contributed by atoms with Gasteiger partial charge in [-0.05, 0) is 57.9 Å². The van der Waals surface area contributed by atoms with E-state index in [0.717, 1.165) is 14.4 Å². The molecule has 1 aromatic heterocycles. The Kier molecular flexibility index (Phi) is 4.29. The van der Waals surface area contributed by atoms with Crippen molar-refractivity contribution in [2.24, 2.45) is 5.73 Å². The monoisotopic (exact) mass is 361 g/mol. The summed E-state index contributed by atoms with van der Waals surface area (Å²) in [4.78, 5) is 1.13. The van der Waals surface area contributed by atoms with Crippen molar-refractivity contribution in [3.05, 3.63) is 63.3 Å². The zero-order valence-corrected chi connectivity index (χ0v) is 14.0. The molecule has 108 valence electrons. The molecule has 0 aliphatic rings. The Bertz CT molecular complexity index is 753. The topological polar surface area (TPSA) is 35.2 Å². The van der Waals surface area contributed by atoms with Gasteiger partial charge in [-0.2, -0.15) is 0 Å². The molecule has 2 N–H and O–H groups in total. The second-order valence-electron chi connectivity index (χ2n) is 5.05. The van der Waals surface area contributed by atoms with E-state index in [-0.39, 0.29) is 12.1 Å². The molecule has 21 heavy (non-hydrogen) atoms. The maximum absolute atomic E-state index is 6.15. The van der Waals surface area contributed by atoms with Crippen LogP contribution in [0.4, 0.5) is 0 Å². The highest BCUT2D eigenvalue weighted by Crippen LogP contribution is 2.33. The largest absolute Gasteiger partial charge is 0.483 e. The van der Waals surface area contributed by atoms with Gasteiger partial charge in [-0.25, -0.2) is 0 Å². The molecule has 3 rings (SSSR count). The summed E-state index contributed by atoms with van der Waals surface area (Å²) in [5.41, 5.74) is 6.10. The van der Waals surface area contributed by atoms with E-state index in [1.165, 1.54) is 10.8 Å². The van der Waals surface area contributed by atoms with E-state index in [1.807, 2.05) is 31.2 Å². The van der Waals surface area contributed by atoms with Gasteiger partial charge in [0.25, 0.3) is 0 Å². The van der Waals surface area contributed by atoms with Crippen LogP contribution in [-0.4, -0.2) is 6.04 Å². The fourth-order valence-electron chi connectivity index (χ4n) is 2.29. The van der Waals surface area contributed by atoms with Crippen molar-refractivity contribution in [2.45, 2.75) is 19.1 Å². The minimum absolute atomic E-state index is 0.0815. The third kappa shape index (κ3) is 3.28. The Morgan fingerprint density at radius 1 is 1.05 bits per heavy atom. The minimum Gasteiger partial charge on any atom is -0.483 e. The third-order valence-corrected chi connectivity index (χ3v) is 5.02. The number of ether oxygens (including phenoxy) is 1. The van der Waals surface area contributed by atoms with Crippen molar-refractivity contribution in [3.8, 4) is 5.75 Å². The first-order valence-electron chi connectivity index (χ1n) is 6.80. The number of rotatable bonds is 4. The Morgan fingerprint density at radius 2 is 1.81 bits per heavy atom. The average molecular weight is 362 g/mol. The molecule has 0 saturated heterocycles. The van der Waals surface area contributed by atoms with Gasteiger partial charge in [-0.1, -0.05) is 30.3 Å². The van der Waals surface area contributed by atoms with Crippen LogP contribution in [0.2, 0.25) is 0 Å². The van der Waals surface area contributed by atoms with Gasteiger partial charge in [-0.15, -0.1) is 11.3 Å². The lowest BCUT2D eigenvalue weighted by Gasteiger charge is -2.21. The Labute approximate surface area is 136 Å². The van der Waals surface area contributed by atoms with Gasteiger partial charge < -0.3 is 10.5 Å². The summed E-state index contributed by atoms with van der Waals surface area (Å²) in [7, 11) is 0. The molecular formula is C17H16BrNOS. The van der Waals surface area contributed by atoms with E-state index in [9.17, 15) is 0 Å². The molecule has 0 fully saturated rings. The van der Waals surface area contributed by atoms with Crippen LogP contribution in [0, 0.1) is 0 Å². The fourth-order valence-corrected chi connectivity index (χ4v) is 3.86. The molecule has 3 aromatic rings. The van der Waals surface area contributed by atoms with Crippen molar-refractivity contribution >= 4 is 38.0 Å². The van der Waals surface area contributed by atoms with Crippen LogP contribution in [0.5, 0.6) is 5.75 Å². The number of hydrogen-bond acceptors (Lipinski definition) is 3. The number of thiophene rings is 1. The fraction of sp³-hybridized carbons (Fsp3) is 0.176. The van der Waals surface area contributed by atoms with Crippen LogP contribution in [-0.2, 0) is 0 Å². The van der Waals surface area contributed by atoms with E-state index in [0.29, 0.717) is 0 Å². The predicted molar refractivity (Wildman–Crippen MR) is 93.0 cm³/mol. The normalized spacial score (nSPS) is 14.0. The molecule has 0 aliphatic carbocycles. The summed E-state index contributed by atoms with van der Waals surface area (Å²) in [5.74, 6) is 0.848. The van der Waals surface area contributed by atoms with Crippen LogP contribution < -0.4 is 10.5 Å². The summed E-state index contributed by atoms with van der Waals surface area (Å²) < 4.78 is 7.24. The van der Waals surface area contributed by atoms with Crippen molar-refractivity contribution in [1.29, 1.82) is 0 Å². The van der Waals surface area contributed by atoms with Crippen molar-refractivity contribution in [3.63, 3.8) is 0 Å². The van der Waals surface area contributed by atoms with Crippen molar-refractivity contribution in [1.82, 2.24) is 0 Å². The number of benzene rings is 2. The molecule has 1 heterocycles. The van der Waals surface area contributed by atoms with Crippen LogP contribution in [0.15, 0.2) is 58.4 Å².